The number of hydrogen-bond donors (Lipinski definition) is 2. The Morgan fingerprint density at radius 2 is 1.85 bits per heavy atom. The lowest BCUT2D eigenvalue weighted by Gasteiger charge is -2.11. The molecule has 2 aromatic carbocycles. The van der Waals surface area contributed by atoms with Crippen molar-refractivity contribution < 1.29 is 9.53 Å². The molecule has 0 spiro atoms. The Hall–Kier alpha value is -2.04. The Morgan fingerprint density at radius 3 is 2.35 bits per heavy atom. The smallest absolute Gasteiger partial charge is 0.248 e. The number of primary amides is 1. The van der Waals surface area contributed by atoms with Gasteiger partial charge in [0.05, 0.1) is 5.02 Å². The molecular weight excluding hydrogens is 276 g/mol. The van der Waals surface area contributed by atoms with Crippen LogP contribution in [0.25, 0.3) is 0 Å². The van der Waals surface area contributed by atoms with Crippen molar-refractivity contribution in [2.24, 2.45) is 11.5 Å². The molecule has 4 nitrogen and oxygen atoms in total. The molecule has 20 heavy (non-hydrogen) atoms. The van der Waals surface area contributed by atoms with Crippen molar-refractivity contribution >= 4 is 17.5 Å². The number of halogens is 1. The van der Waals surface area contributed by atoms with E-state index in [1.807, 2.05) is 13.0 Å². The van der Waals surface area contributed by atoms with Gasteiger partial charge in [0, 0.05) is 11.6 Å². The van der Waals surface area contributed by atoms with Crippen molar-refractivity contribution in [1.82, 2.24) is 0 Å². The molecule has 0 aliphatic carbocycles. The maximum Gasteiger partial charge on any atom is 0.248 e. The second-order valence-corrected chi connectivity index (χ2v) is 4.88. The van der Waals surface area contributed by atoms with Crippen LogP contribution in [0.2, 0.25) is 5.02 Å². The first kappa shape index (κ1) is 14.4. The van der Waals surface area contributed by atoms with Gasteiger partial charge in [-0.25, -0.2) is 0 Å². The molecule has 0 aliphatic heterocycles. The summed E-state index contributed by atoms with van der Waals surface area (Å²) in [5.41, 5.74) is 12.3. The van der Waals surface area contributed by atoms with Crippen LogP contribution in [0.5, 0.6) is 11.5 Å². The van der Waals surface area contributed by atoms with Gasteiger partial charge < -0.3 is 16.2 Å². The molecule has 104 valence electrons. The molecule has 0 heterocycles. The van der Waals surface area contributed by atoms with E-state index in [1.54, 1.807) is 36.4 Å². The molecule has 0 aromatic heterocycles. The fourth-order valence-electron chi connectivity index (χ4n) is 1.70. The molecule has 0 saturated carbocycles. The van der Waals surface area contributed by atoms with Crippen LogP contribution in [0.4, 0.5) is 0 Å². The predicted molar refractivity (Wildman–Crippen MR) is 79.1 cm³/mol. The van der Waals surface area contributed by atoms with Crippen LogP contribution < -0.4 is 16.2 Å². The molecule has 2 rings (SSSR count). The molecule has 0 fully saturated rings. The zero-order chi connectivity index (χ0) is 14.7. The average Bonchev–Trinajstić information content (AvgIpc) is 2.41. The van der Waals surface area contributed by atoms with Gasteiger partial charge in [-0.15, -0.1) is 0 Å². The highest BCUT2D eigenvalue weighted by molar-refractivity contribution is 6.32. The Kier molecular flexibility index (Phi) is 4.27. The predicted octanol–water partition coefficient (Wildman–Crippen LogP) is 3.25. The monoisotopic (exact) mass is 290 g/mol. The van der Waals surface area contributed by atoms with Gasteiger partial charge in [0.2, 0.25) is 5.91 Å². The number of amides is 1. The normalized spacial score (nSPS) is 11.9. The summed E-state index contributed by atoms with van der Waals surface area (Å²) in [4.78, 5) is 11.0. The molecule has 5 heteroatoms. The van der Waals surface area contributed by atoms with Crippen LogP contribution in [0.1, 0.15) is 28.9 Å². The summed E-state index contributed by atoms with van der Waals surface area (Å²) >= 11 is 6.15. The molecule has 0 unspecified atom stereocenters. The van der Waals surface area contributed by atoms with Gasteiger partial charge in [0.25, 0.3) is 0 Å². The molecule has 0 aliphatic rings. The number of nitrogens with two attached hydrogens (primary N) is 2. The number of hydrogen-bond acceptors (Lipinski definition) is 3. The highest BCUT2D eigenvalue weighted by atomic mass is 35.5. The van der Waals surface area contributed by atoms with E-state index in [9.17, 15) is 4.79 Å². The highest BCUT2D eigenvalue weighted by Gasteiger charge is 2.07. The number of carbonyl (C=O) groups is 1. The minimum Gasteiger partial charge on any atom is -0.456 e. The minimum absolute atomic E-state index is 0.0867. The zero-order valence-corrected chi connectivity index (χ0v) is 11.7. The van der Waals surface area contributed by atoms with Crippen LogP contribution in [-0.4, -0.2) is 5.91 Å². The van der Waals surface area contributed by atoms with Gasteiger partial charge in [-0.05, 0) is 48.9 Å². The fourth-order valence-corrected chi connectivity index (χ4v) is 1.92. The first-order chi connectivity index (χ1) is 9.47. The summed E-state index contributed by atoms with van der Waals surface area (Å²) in [7, 11) is 0. The van der Waals surface area contributed by atoms with E-state index in [1.165, 1.54) is 0 Å². The van der Waals surface area contributed by atoms with Crippen LogP contribution in [-0.2, 0) is 0 Å². The van der Waals surface area contributed by atoms with E-state index in [2.05, 4.69) is 0 Å². The van der Waals surface area contributed by atoms with E-state index in [0.717, 1.165) is 5.56 Å². The van der Waals surface area contributed by atoms with Crippen molar-refractivity contribution in [2.75, 3.05) is 0 Å². The molecular formula is C15H15ClN2O2. The van der Waals surface area contributed by atoms with Crippen LogP contribution >= 0.6 is 11.6 Å². The summed E-state index contributed by atoms with van der Waals surface area (Å²) in [6.45, 7) is 1.88. The summed E-state index contributed by atoms with van der Waals surface area (Å²) < 4.78 is 5.65. The lowest BCUT2D eigenvalue weighted by Crippen LogP contribution is -2.10. The van der Waals surface area contributed by atoms with Gasteiger partial charge in [-0.1, -0.05) is 17.7 Å². The van der Waals surface area contributed by atoms with Crippen LogP contribution in [0.15, 0.2) is 42.5 Å². The average molecular weight is 291 g/mol. The van der Waals surface area contributed by atoms with Gasteiger partial charge >= 0.3 is 0 Å². The number of ether oxygens (including phenoxy) is 1. The molecule has 1 amide bonds. The van der Waals surface area contributed by atoms with Crippen molar-refractivity contribution in [1.29, 1.82) is 0 Å². The van der Waals surface area contributed by atoms with Gasteiger partial charge in [0.1, 0.15) is 11.5 Å². The van der Waals surface area contributed by atoms with Crippen molar-refractivity contribution in [2.45, 2.75) is 13.0 Å². The van der Waals surface area contributed by atoms with Crippen LogP contribution in [0.3, 0.4) is 0 Å². The third kappa shape index (κ3) is 3.29. The Labute approximate surface area is 122 Å². The summed E-state index contributed by atoms with van der Waals surface area (Å²) in [6, 6.07) is 11.8. The minimum atomic E-state index is -0.476. The fraction of sp³-hybridized carbons (Fsp3) is 0.133. The lowest BCUT2D eigenvalue weighted by atomic mass is 10.1. The second-order valence-electron chi connectivity index (χ2n) is 4.47. The largest absolute Gasteiger partial charge is 0.456 e. The van der Waals surface area contributed by atoms with E-state index in [0.29, 0.717) is 22.1 Å². The maximum atomic E-state index is 11.0. The topological polar surface area (TPSA) is 78.3 Å². The Morgan fingerprint density at radius 1 is 1.20 bits per heavy atom. The first-order valence-electron chi connectivity index (χ1n) is 6.10. The van der Waals surface area contributed by atoms with Crippen molar-refractivity contribution in [3.63, 3.8) is 0 Å². The third-order valence-electron chi connectivity index (χ3n) is 2.85. The molecule has 4 N–H and O–H groups in total. The number of carbonyl (C=O) groups excluding carboxylic acids is 1. The lowest BCUT2D eigenvalue weighted by molar-refractivity contribution is 0.100. The number of benzene rings is 2. The maximum absolute atomic E-state index is 11.0. The molecule has 2 aromatic rings. The quantitative estimate of drug-likeness (QED) is 0.907. The zero-order valence-electron chi connectivity index (χ0n) is 11.0. The van der Waals surface area contributed by atoms with E-state index < -0.39 is 5.91 Å². The van der Waals surface area contributed by atoms with Gasteiger partial charge in [-0.3, -0.25) is 4.79 Å². The van der Waals surface area contributed by atoms with Gasteiger partial charge in [-0.2, -0.15) is 0 Å². The summed E-state index contributed by atoms with van der Waals surface area (Å²) in [5.74, 6) is 0.629. The standard InChI is InChI=1S/C15H15ClN2O2/c1-9(17)11-4-7-14(13(16)8-11)20-12-5-2-10(3-6-12)15(18)19/h2-9H,17H2,1H3,(H2,18,19)/t9-/m1/s1. The third-order valence-corrected chi connectivity index (χ3v) is 3.14. The summed E-state index contributed by atoms with van der Waals surface area (Å²) in [6.07, 6.45) is 0. The van der Waals surface area contributed by atoms with Crippen LogP contribution in [0, 0.1) is 0 Å². The summed E-state index contributed by atoms with van der Waals surface area (Å²) in [5, 5.41) is 0.485. The Bertz CT molecular complexity index is 624. The van der Waals surface area contributed by atoms with Gasteiger partial charge in [0.15, 0.2) is 0 Å². The molecule has 0 radical (unpaired) electrons. The molecule has 1 atom stereocenters. The molecule has 0 saturated heterocycles. The van der Waals surface area contributed by atoms with E-state index in [-0.39, 0.29) is 6.04 Å². The van der Waals surface area contributed by atoms with Crippen molar-refractivity contribution in [3.05, 3.63) is 58.6 Å². The SMILES string of the molecule is C[C@@H](N)c1ccc(Oc2ccc(C(N)=O)cc2)c(Cl)c1. The number of rotatable bonds is 4. The van der Waals surface area contributed by atoms with E-state index in [4.69, 9.17) is 27.8 Å². The Balaban J connectivity index is 2.19. The van der Waals surface area contributed by atoms with Crippen molar-refractivity contribution in [3.8, 4) is 11.5 Å². The highest BCUT2D eigenvalue weighted by Crippen LogP contribution is 2.31. The first-order valence-corrected chi connectivity index (χ1v) is 6.48. The van der Waals surface area contributed by atoms with E-state index >= 15 is 0 Å². The second kappa shape index (κ2) is 5.94. The molecule has 0 bridgehead atoms.